The third-order valence-corrected chi connectivity index (χ3v) is 3.93. The zero-order chi connectivity index (χ0) is 13.0. The van der Waals surface area contributed by atoms with Crippen molar-refractivity contribution in [1.29, 1.82) is 0 Å². The van der Waals surface area contributed by atoms with Crippen molar-refractivity contribution in [3.05, 3.63) is 12.4 Å². The SMILES string of the molecule is COc1cc(NCC2(N(C)C)CCCC2)ncn1. The molecule has 0 amide bonds. The zero-order valence-electron chi connectivity index (χ0n) is 11.4. The predicted octanol–water partition coefficient (Wildman–Crippen LogP) is 1.77. The quantitative estimate of drug-likeness (QED) is 0.863. The van der Waals surface area contributed by atoms with Crippen molar-refractivity contribution >= 4 is 5.82 Å². The van der Waals surface area contributed by atoms with Crippen LogP contribution < -0.4 is 10.1 Å². The fourth-order valence-electron chi connectivity index (χ4n) is 2.62. The normalized spacial score (nSPS) is 18.0. The Bertz CT molecular complexity index is 388. The van der Waals surface area contributed by atoms with Crippen LogP contribution in [0, 0.1) is 0 Å². The molecular weight excluding hydrogens is 228 g/mol. The smallest absolute Gasteiger partial charge is 0.218 e. The molecule has 1 heterocycles. The van der Waals surface area contributed by atoms with Crippen LogP contribution in [-0.4, -0.2) is 48.2 Å². The van der Waals surface area contributed by atoms with Gasteiger partial charge in [-0.2, -0.15) is 0 Å². The number of ether oxygens (including phenoxy) is 1. The Morgan fingerprint density at radius 1 is 1.33 bits per heavy atom. The molecule has 1 N–H and O–H groups in total. The minimum atomic E-state index is 0.262. The highest BCUT2D eigenvalue weighted by molar-refractivity contribution is 5.37. The first-order valence-corrected chi connectivity index (χ1v) is 6.44. The van der Waals surface area contributed by atoms with Crippen LogP contribution in [0.5, 0.6) is 5.88 Å². The molecule has 0 aromatic carbocycles. The first kappa shape index (κ1) is 13.1. The maximum atomic E-state index is 5.10. The second-order valence-corrected chi connectivity index (χ2v) is 5.13. The minimum Gasteiger partial charge on any atom is -0.481 e. The van der Waals surface area contributed by atoms with Crippen molar-refractivity contribution < 1.29 is 4.74 Å². The monoisotopic (exact) mass is 250 g/mol. The van der Waals surface area contributed by atoms with E-state index in [4.69, 9.17) is 4.74 Å². The number of nitrogens with zero attached hydrogens (tertiary/aromatic N) is 3. The summed E-state index contributed by atoms with van der Waals surface area (Å²) < 4.78 is 5.10. The molecule has 0 radical (unpaired) electrons. The van der Waals surface area contributed by atoms with Crippen molar-refractivity contribution in [3.8, 4) is 5.88 Å². The lowest BCUT2D eigenvalue weighted by Gasteiger charge is -2.36. The summed E-state index contributed by atoms with van der Waals surface area (Å²) in [5, 5.41) is 3.41. The van der Waals surface area contributed by atoms with Gasteiger partial charge in [-0.15, -0.1) is 0 Å². The van der Waals surface area contributed by atoms with E-state index in [0.717, 1.165) is 12.4 Å². The van der Waals surface area contributed by atoms with Gasteiger partial charge in [0.2, 0.25) is 5.88 Å². The lowest BCUT2D eigenvalue weighted by atomic mass is 9.96. The lowest BCUT2D eigenvalue weighted by Crippen LogP contribution is -2.47. The van der Waals surface area contributed by atoms with Gasteiger partial charge in [0.1, 0.15) is 12.1 Å². The lowest BCUT2D eigenvalue weighted by molar-refractivity contribution is 0.172. The van der Waals surface area contributed by atoms with Crippen molar-refractivity contribution in [2.45, 2.75) is 31.2 Å². The molecule has 5 nitrogen and oxygen atoms in total. The van der Waals surface area contributed by atoms with Gasteiger partial charge in [0.25, 0.3) is 0 Å². The van der Waals surface area contributed by atoms with Gasteiger partial charge in [0, 0.05) is 18.2 Å². The highest BCUT2D eigenvalue weighted by Crippen LogP contribution is 2.33. The number of anilines is 1. The van der Waals surface area contributed by atoms with E-state index in [2.05, 4.69) is 34.3 Å². The highest BCUT2D eigenvalue weighted by atomic mass is 16.5. The summed E-state index contributed by atoms with van der Waals surface area (Å²) in [6, 6.07) is 1.83. The van der Waals surface area contributed by atoms with Crippen molar-refractivity contribution in [1.82, 2.24) is 14.9 Å². The number of likely N-dealkylation sites (N-methyl/N-ethyl adjacent to an activating group) is 1. The van der Waals surface area contributed by atoms with E-state index >= 15 is 0 Å². The maximum absolute atomic E-state index is 5.10. The van der Waals surface area contributed by atoms with Gasteiger partial charge in [-0.05, 0) is 26.9 Å². The van der Waals surface area contributed by atoms with Crippen LogP contribution in [0.4, 0.5) is 5.82 Å². The molecule has 0 aliphatic heterocycles. The van der Waals surface area contributed by atoms with Gasteiger partial charge in [-0.3, -0.25) is 0 Å². The largest absolute Gasteiger partial charge is 0.481 e. The fourth-order valence-corrected chi connectivity index (χ4v) is 2.62. The van der Waals surface area contributed by atoms with E-state index in [9.17, 15) is 0 Å². The van der Waals surface area contributed by atoms with Crippen LogP contribution in [0.1, 0.15) is 25.7 Å². The molecule has 1 aliphatic rings. The summed E-state index contributed by atoms with van der Waals surface area (Å²) in [5.41, 5.74) is 0.262. The number of aromatic nitrogens is 2. The van der Waals surface area contributed by atoms with Gasteiger partial charge < -0.3 is 15.0 Å². The molecule has 0 unspecified atom stereocenters. The van der Waals surface area contributed by atoms with Crippen LogP contribution in [-0.2, 0) is 0 Å². The van der Waals surface area contributed by atoms with Gasteiger partial charge in [0.05, 0.1) is 7.11 Å². The van der Waals surface area contributed by atoms with Crippen LogP contribution in [0.2, 0.25) is 0 Å². The average Bonchev–Trinajstić information content (AvgIpc) is 2.87. The van der Waals surface area contributed by atoms with Gasteiger partial charge >= 0.3 is 0 Å². The summed E-state index contributed by atoms with van der Waals surface area (Å²) in [5.74, 6) is 1.42. The molecule has 5 heteroatoms. The topological polar surface area (TPSA) is 50.3 Å². The zero-order valence-corrected chi connectivity index (χ0v) is 11.4. The van der Waals surface area contributed by atoms with Gasteiger partial charge in [-0.25, -0.2) is 9.97 Å². The second-order valence-electron chi connectivity index (χ2n) is 5.13. The molecule has 1 aromatic heterocycles. The van der Waals surface area contributed by atoms with E-state index in [1.54, 1.807) is 7.11 Å². The number of methoxy groups -OCH3 is 1. The molecule has 1 aliphatic carbocycles. The van der Waals surface area contributed by atoms with Crippen LogP contribution >= 0.6 is 0 Å². The maximum Gasteiger partial charge on any atom is 0.218 e. The number of rotatable bonds is 5. The molecule has 1 aromatic rings. The summed E-state index contributed by atoms with van der Waals surface area (Å²) in [6.45, 7) is 0.917. The molecule has 2 rings (SSSR count). The van der Waals surface area contributed by atoms with Crippen molar-refractivity contribution in [2.75, 3.05) is 33.1 Å². The molecular formula is C13H22N4O. The van der Waals surface area contributed by atoms with Gasteiger partial charge in [-0.1, -0.05) is 12.8 Å². The molecule has 0 saturated heterocycles. The Kier molecular flexibility index (Phi) is 4.01. The van der Waals surface area contributed by atoms with Crippen LogP contribution in [0.3, 0.4) is 0 Å². The first-order valence-electron chi connectivity index (χ1n) is 6.44. The second kappa shape index (κ2) is 5.52. The average molecular weight is 250 g/mol. The molecule has 18 heavy (non-hydrogen) atoms. The molecule has 0 spiro atoms. The van der Waals surface area contributed by atoms with Crippen LogP contribution in [0.15, 0.2) is 12.4 Å². The standard InChI is InChI=1S/C13H22N4O/c1-17(2)13(6-4-5-7-13)9-14-11-8-12(18-3)16-10-15-11/h8,10H,4-7,9H2,1-3H3,(H,14,15,16). The molecule has 0 bridgehead atoms. The van der Waals surface area contributed by atoms with E-state index in [-0.39, 0.29) is 5.54 Å². The van der Waals surface area contributed by atoms with E-state index in [0.29, 0.717) is 5.88 Å². The van der Waals surface area contributed by atoms with Crippen LogP contribution in [0.25, 0.3) is 0 Å². The minimum absolute atomic E-state index is 0.262. The molecule has 1 saturated carbocycles. The van der Waals surface area contributed by atoms with E-state index < -0.39 is 0 Å². The number of nitrogens with one attached hydrogen (secondary N) is 1. The van der Waals surface area contributed by atoms with Crippen molar-refractivity contribution in [3.63, 3.8) is 0 Å². The Morgan fingerprint density at radius 2 is 2.06 bits per heavy atom. The Morgan fingerprint density at radius 3 is 2.67 bits per heavy atom. The summed E-state index contributed by atoms with van der Waals surface area (Å²) in [7, 11) is 5.94. The predicted molar refractivity (Wildman–Crippen MR) is 72.0 cm³/mol. The first-order chi connectivity index (χ1) is 8.66. The Labute approximate surface area is 109 Å². The molecule has 0 atom stereocenters. The van der Waals surface area contributed by atoms with Gasteiger partial charge in [0.15, 0.2) is 0 Å². The summed E-state index contributed by atoms with van der Waals surface area (Å²) in [4.78, 5) is 10.6. The van der Waals surface area contributed by atoms with E-state index in [1.807, 2.05) is 6.07 Å². The third-order valence-electron chi connectivity index (χ3n) is 3.93. The highest BCUT2D eigenvalue weighted by Gasteiger charge is 2.35. The van der Waals surface area contributed by atoms with Crippen molar-refractivity contribution in [2.24, 2.45) is 0 Å². The third kappa shape index (κ3) is 2.72. The number of hydrogen-bond donors (Lipinski definition) is 1. The molecule has 1 fully saturated rings. The summed E-state index contributed by atoms with van der Waals surface area (Å²) >= 11 is 0. The fraction of sp³-hybridized carbons (Fsp3) is 0.692. The number of hydrogen-bond acceptors (Lipinski definition) is 5. The Hall–Kier alpha value is -1.36. The summed E-state index contributed by atoms with van der Waals surface area (Å²) in [6.07, 6.45) is 6.64. The Balaban J connectivity index is 2.01. The molecule has 100 valence electrons. The van der Waals surface area contributed by atoms with E-state index in [1.165, 1.54) is 32.0 Å².